The van der Waals surface area contributed by atoms with Crippen LogP contribution in [-0.4, -0.2) is 57.2 Å². The summed E-state index contributed by atoms with van der Waals surface area (Å²) >= 11 is 6.11. The molecule has 23 heavy (non-hydrogen) atoms. The van der Waals surface area contributed by atoms with Crippen LogP contribution in [0.2, 0.25) is 5.02 Å². The van der Waals surface area contributed by atoms with E-state index in [9.17, 15) is 4.79 Å². The lowest BCUT2D eigenvalue weighted by Crippen LogP contribution is -2.51. The zero-order valence-electron chi connectivity index (χ0n) is 13.5. The van der Waals surface area contributed by atoms with Crippen LogP contribution in [0.25, 0.3) is 0 Å². The lowest BCUT2D eigenvalue weighted by Gasteiger charge is -2.33. The number of nitrogens with one attached hydrogen (secondary N) is 2. The van der Waals surface area contributed by atoms with E-state index in [1.54, 1.807) is 12.1 Å². The van der Waals surface area contributed by atoms with Crippen molar-refractivity contribution in [3.05, 3.63) is 17.2 Å². The largest absolute Gasteiger partial charge is 0.495 e. The Morgan fingerprint density at radius 3 is 2.70 bits per heavy atom. The van der Waals surface area contributed by atoms with Crippen molar-refractivity contribution in [1.29, 1.82) is 0 Å². The van der Waals surface area contributed by atoms with Crippen molar-refractivity contribution >= 4 is 35.6 Å². The second-order valence-electron chi connectivity index (χ2n) is 5.26. The summed E-state index contributed by atoms with van der Waals surface area (Å²) in [6, 6.07) is 3.63. The summed E-state index contributed by atoms with van der Waals surface area (Å²) in [5.41, 5.74) is 0.543. The Kier molecular flexibility index (Phi) is 7.91. The molecule has 8 heteroatoms. The molecule has 1 aliphatic rings. The highest BCUT2D eigenvalue weighted by Crippen LogP contribution is 2.35. The van der Waals surface area contributed by atoms with Gasteiger partial charge in [0.05, 0.1) is 31.5 Å². The summed E-state index contributed by atoms with van der Waals surface area (Å²) in [4.78, 5) is 14.4. The fourth-order valence-electron chi connectivity index (χ4n) is 2.45. The van der Waals surface area contributed by atoms with Crippen molar-refractivity contribution in [2.75, 3.05) is 45.7 Å². The van der Waals surface area contributed by atoms with Crippen molar-refractivity contribution in [2.45, 2.75) is 13.0 Å². The molecule has 1 saturated heterocycles. The quantitative estimate of drug-likeness (QED) is 0.837. The standard InChI is InChI=1S/C15H22ClN3O3.ClH/c1-10-8-17-4-5-19(10)9-15(20)18-12-6-11(16)13(21-2)7-14(12)22-3;/h6-7,10,17H,4-5,8-9H2,1-3H3,(H,18,20);1H/t10-;/m1./s1. The maximum absolute atomic E-state index is 12.3. The van der Waals surface area contributed by atoms with Gasteiger partial charge in [0.15, 0.2) is 0 Å². The molecular weight excluding hydrogens is 341 g/mol. The number of anilines is 1. The number of hydrogen-bond donors (Lipinski definition) is 2. The number of carbonyl (C=O) groups is 1. The molecule has 0 bridgehead atoms. The van der Waals surface area contributed by atoms with Gasteiger partial charge in [0.25, 0.3) is 0 Å². The maximum atomic E-state index is 12.3. The SMILES string of the molecule is COc1cc(OC)c(NC(=O)CN2CCNC[C@H]2C)cc1Cl.Cl. The van der Waals surface area contributed by atoms with E-state index in [2.05, 4.69) is 22.5 Å². The number of amides is 1. The van der Waals surface area contributed by atoms with E-state index in [0.717, 1.165) is 19.6 Å². The minimum Gasteiger partial charge on any atom is -0.495 e. The first-order valence-corrected chi connectivity index (χ1v) is 7.59. The number of halogens is 2. The van der Waals surface area contributed by atoms with E-state index in [1.807, 2.05) is 0 Å². The molecule has 0 aliphatic carbocycles. The first kappa shape index (κ1) is 19.8. The number of carbonyl (C=O) groups excluding carboxylic acids is 1. The second kappa shape index (κ2) is 9.17. The third kappa shape index (κ3) is 5.14. The third-order valence-corrected chi connectivity index (χ3v) is 4.03. The van der Waals surface area contributed by atoms with Gasteiger partial charge in [-0.3, -0.25) is 9.69 Å². The lowest BCUT2D eigenvalue weighted by molar-refractivity contribution is -0.118. The predicted octanol–water partition coefficient (Wildman–Crippen LogP) is 2.01. The summed E-state index contributed by atoms with van der Waals surface area (Å²) in [7, 11) is 3.07. The van der Waals surface area contributed by atoms with E-state index in [0.29, 0.717) is 34.8 Å². The Morgan fingerprint density at radius 2 is 2.09 bits per heavy atom. The van der Waals surface area contributed by atoms with Crippen molar-refractivity contribution < 1.29 is 14.3 Å². The van der Waals surface area contributed by atoms with Gasteiger partial charge in [0, 0.05) is 31.7 Å². The Hall–Kier alpha value is -1.21. The number of ether oxygens (including phenoxy) is 2. The zero-order chi connectivity index (χ0) is 16.1. The van der Waals surface area contributed by atoms with Crippen LogP contribution in [0.4, 0.5) is 5.69 Å². The number of nitrogens with zero attached hydrogens (tertiary/aromatic N) is 1. The summed E-state index contributed by atoms with van der Waals surface area (Å²) in [6.07, 6.45) is 0. The van der Waals surface area contributed by atoms with Gasteiger partial charge in [0.1, 0.15) is 11.5 Å². The van der Waals surface area contributed by atoms with E-state index >= 15 is 0 Å². The van der Waals surface area contributed by atoms with E-state index in [1.165, 1.54) is 14.2 Å². The highest BCUT2D eigenvalue weighted by Gasteiger charge is 2.21. The Balaban J connectivity index is 0.00000264. The molecule has 0 saturated carbocycles. The highest BCUT2D eigenvalue weighted by atomic mass is 35.5. The van der Waals surface area contributed by atoms with Gasteiger partial charge >= 0.3 is 0 Å². The average molecular weight is 364 g/mol. The average Bonchev–Trinajstić information content (AvgIpc) is 2.50. The number of rotatable bonds is 5. The monoisotopic (exact) mass is 363 g/mol. The van der Waals surface area contributed by atoms with Crippen LogP contribution in [0.3, 0.4) is 0 Å². The minimum atomic E-state index is -0.0896. The molecule has 0 aromatic heterocycles. The summed E-state index contributed by atoms with van der Waals surface area (Å²) in [5, 5.41) is 6.58. The molecular formula is C15H23Cl2N3O3. The molecule has 0 radical (unpaired) electrons. The predicted molar refractivity (Wildman–Crippen MR) is 94.3 cm³/mol. The molecule has 2 N–H and O–H groups in total. The van der Waals surface area contributed by atoms with E-state index in [-0.39, 0.29) is 18.3 Å². The molecule has 0 unspecified atom stereocenters. The normalized spacial score (nSPS) is 18.0. The van der Waals surface area contributed by atoms with Crippen LogP contribution in [-0.2, 0) is 4.79 Å². The highest BCUT2D eigenvalue weighted by molar-refractivity contribution is 6.32. The summed E-state index contributed by atoms with van der Waals surface area (Å²) in [5.74, 6) is 0.934. The summed E-state index contributed by atoms with van der Waals surface area (Å²) in [6.45, 7) is 5.09. The molecule has 2 rings (SSSR count). The van der Waals surface area contributed by atoms with E-state index < -0.39 is 0 Å². The van der Waals surface area contributed by atoms with Crippen molar-refractivity contribution in [1.82, 2.24) is 10.2 Å². The van der Waals surface area contributed by atoms with Crippen molar-refractivity contribution in [3.8, 4) is 11.5 Å². The van der Waals surface area contributed by atoms with Crippen LogP contribution >= 0.6 is 24.0 Å². The van der Waals surface area contributed by atoms with Crippen molar-refractivity contribution in [3.63, 3.8) is 0 Å². The second-order valence-corrected chi connectivity index (χ2v) is 5.67. The van der Waals surface area contributed by atoms with Gasteiger partial charge in [-0.2, -0.15) is 0 Å². The van der Waals surface area contributed by atoms with Gasteiger partial charge in [-0.25, -0.2) is 0 Å². The Bertz CT molecular complexity index is 543. The third-order valence-electron chi connectivity index (χ3n) is 3.73. The smallest absolute Gasteiger partial charge is 0.238 e. The molecule has 6 nitrogen and oxygen atoms in total. The van der Waals surface area contributed by atoms with Crippen LogP contribution in [0.5, 0.6) is 11.5 Å². The number of methoxy groups -OCH3 is 2. The minimum absolute atomic E-state index is 0. The molecule has 1 atom stereocenters. The van der Waals surface area contributed by atoms with Crippen LogP contribution in [0.15, 0.2) is 12.1 Å². The maximum Gasteiger partial charge on any atom is 0.238 e. The van der Waals surface area contributed by atoms with Gasteiger partial charge in [-0.15, -0.1) is 12.4 Å². The molecule has 130 valence electrons. The van der Waals surface area contributed by atoms with Crippen molar-refractivity contribution in [2.24, 2.45) is 0 Å². The number of piperazine rings is 1. The van der Waals surface area contributed by atoms with Crippen LogP contribution < -0.4 is 20.1 Å². The topological polar surface area (TPSA) is 62.8 Å². The fourth-order valence-corrected chi connectivity index (χ4v) is 2.69. The molecule has 1 amide bonds. The van der Waals surface area contributed by atoms with Gasteiger partial charge in [-0.1, -0.05) is 11.6 Å². The zero-order valence-corrected chi connectivity index (χ0v) is 15.1. The van der Waals surface area contributed by atoms with Crippen LogP contribution in [0.1, 0.15) is 6.92 Å². The summed E-state index contributed by atoms with van der Waals surface area (Å²) < 4.78 is 10.4. The molecule has 0 spiro atoms. The molecule has 1 aromatic carbocycles. The fraction of sp³-hybridized carbons (Fsp3) is 0.533. The molecule has 1 aromatic rings. The van der Waals surface area contributed by atoms with Gasteiger partial charge in [-0.05, 0) is 13.0 Å². The molecule has 1 fully saturated rings. The lowest BCUT2D eigenvalue weighted by atomic mass is 10.2. The van der Waals surface area contributed by atoms with Gasteiger partial charge < -0.3 is 20.1 Å². The van der Waals surface area contributed by atoms with Crippen LogP contribution in [0, 0.1) is 0 Å². The Morgan fingerprint density at radius 1 is 1.39 bits per heavy atom. The molecule has 1 heterocycles. The van der Waals surface area contributed by atoms with Gasteiger partial charge in [0.2, 0.25) is 5.91 Å². The number of benzene rings is 1. The molecule has 1 aliphatic heterocycles. The Labute approximate surface area is 147 Å². The van der Waals surface area contributed by atoms with E-state index in [4.69, 9.17) is 21.1 Å². The first-order valence-electron chi connectivity index (χ1n) is 7.21. The number of hydrogen-bond acceptors (Lipinski definition) is 5. The first-order chi connectivity index (χ1) is 10.5.